The van der Waals surface area contributed by atoms with Crippen LogP contribution in [0.25, 0.3) is 10.8 Å². The van der Waals surface area contributed by atoms with Crippen LogP contribution in [0.2, 0.25) is 0 Å². The third-order valence-electron chi connectivity index (χ3n) is 4.42. The highest BCUT2D eigenvalue weighted by atomic mass is 16.5. The fourth-order valence-electron chi connectivity index (χ4n) is 2.87. The lowest BCUT2D eigenvalue weighted by Crippen LogP contribution is -2.15. The Morgan fingerprint density at radius 3 is 2.27 bits per heavy atom. The number of amides is 1. The van der Waals surface area contributed by atoms with Gasteiger partial charge in [0.15, 0.2) is 0 Å². The number of hydrogen-bond acceptors (Lipinski definition) is 3. The molecule has 26 heavy (non-hydrogen) atoms. The maximum absolute atomic E-state index is 12.8. The van der Waals surface area contributed by atoms with Crippen LogP contribution in [0.4, 0.5) is 5.69 Å². The Kier molecular flexibility index (Phi) is 4.60. The molecular weight excluding hydrogens is 326 g/mol. The molecule has 0 spiro atoms. The minimum atomic E-state index is -0.377. The Bertz CT molecular complexity index is 971. The second kappa shape index (κ2) is 6.71. The number of rotatable bonds is 3. The second-order valence-electron chi connectivity index (χ2n) is 7.34. The summed E-state index contributed by atoms with van der Waals surface area (Å²) in [6, 6.07) is 16.6. The van der Waals surface area contributed by atoms with Crippen LogP contribution in [-0.4, -0.2) is 18.1 Å². The van der Waals surface area contributed by atoms with Gasteiger partial charge in [-0.3, -0.25) is 4.79 Å². The van der Waals surface area contributed by atoms with E-state index in [2.05, 4.69) is 26.1 Å². The Morgan fingerprint density at radius 1 is 1.00 bits per heavy atom. The number of carbonyl (C=O) groups is 1. The first-order valence-electron chi connectivity index (χ1n) is 8.51. The Balaban J connectivity index is 1.98. The maximum Gasteiger partial charge on any atom is 0.259 e. The van der Waals surface area contributed by atoms with Gasteiger partial charge in [-0.2, -0.15) is 0 Å². The van der Waals surface area contributed by atoms with E-state index in [-0.39, 0.29) is 22.6 Å². The molecule has 0 fully saturated rings. The number of nitrogens with one attached hydrogen (secondary N) is 1. The number of aromatic hydroxyl groups is 1. The minimum Gasteiger partial charge on any atom is -0.507 e. The van der Waals surface area contributed by atoms with Gasteiger partial charge in [0.1, 0.15) is 11.5 Å². The van der Waals surface area contributed by atoms with Gasteiger partial charge in [-0.15, -0.1) is 0 Å². The molecule has 3 aromatic rings. The third-order valence-corrected chi connectivity index (χ3v) is 4.42. The number of fused-ring (bicyclic) bond motifs is 1. The van der Waals surface area contributed by atoms with E-state index < -0.39 is 0 Å². The molecule has 0 saturated carbocycles. The standard InChI is InChI=1S/C22H23NO3/c1-22(2,3)16-9-10-20(26-4)18(13-16)23-21(25)17-11-14-7-5-6-8-15(14)12-19(17)24/h5-13,24H,1-4H3,(H,23,25). The third kappa shape index (κ3) is 3.49. The zero-order valence-electron chi connectivity index (χ0n) is 15.5. The molecule has 0 bridgehead atoms. The summed E-state index contributed by atoms with van der Waals surface area (Å²) in [5, 5.41) is 14.9. The number of methoxy groups -OCH3 is 1. The first-order chi connectivity index (χ1) is 12.3. The largest absolute Gasteiger partial charge is 0.507 e. The summed E-state index contributed by atoms with van der Waals surface area (Å²) in [7, 11) is 1.56. The van der Waals surface area contributed by atoms with E-state index in [0.717, 1.165) is 16.3 Å². The molecule has 2 N–H and O–H groups in total. The van der Waals surface area contributed by atoms with E-state index in [9.17, 15) is 9.90 Å². The van der Waals surface area contributed by atoms with Crippen molar-refractivity contribution in [3.63, 3.8) is 0 Å². The van der Waals surface area contributed by atoms with Gasteiger partial charge in [-0.1, -0.05) is 51.1 Å². The summed E-state index contributed by atoms with van der Waals surface area (Å²) in [6.07, 6.45) is 0. The number of ether oxygens (including phenoxy) is 1. The van der Waals surface area contributed by atoms with Crippen molar-refractivity contribution < 1.29 is 14.6 Å². The second-order valence-corrected chi connectivity index (χ2v) is 7.34. The summed E-state index contributed by atoms with van der Waals surface area (Å²) in [5.74, 6) is 0.149. The maximum atomic E-state index is 12.8. The summed E-state index contributed by atoms with van der Waals surface area (Å²) in [4.78, 5) is 12.8. The van der Waals surface area contributed by atoms with Crippen molar-refractivity contribution in [3.8, 4) is 11.5 Å². The van der Waals surface area contributed by atoms with E-state index in [4.69, 9.17) is 4.74 Å². The molecule has 0 aliphatic carbocycles. The zero-order chi connectivity index (χ0) is 18.9. The van der Waals surface area contributed by atoms with Crippen LogP contribution in [0, 0.1) is 0 Å². The first kappa shape index (κ1) is 17.8. The number of benzene rings is 3. The molecule has 0 aliphatic rings. The Morgan fingerprint density at radius 2 is 1.65 bits per heavy atom. The molecule has 0 heterocycles. The number of phenolic OH excluding ortho intramolecular Hbond substituents is 1. The highest BCUT2D eigenvalue weighted by molar-refractivity contribution is 6.09. The van der Waals surface area contributed by atoms with Crippen LogP contribution in [0.5, 0.6) is 11.5 Å². The van der Waals surface area contributed by atoms with E-state index in [1.54, 1.807) is 19.2 Å². The topological polar surface area (TPSA) is 58.6 Å². The Hall–Kier alpha value is -3.01. The monoisotopic (exact) mass is 349 g/mol. The quantitative estimate of drug-likeness (QED) is 0.691. The van der Waals surface area contributed by atoms with Crippen LogP contribution in [0.3, 0.4) is 0 Å². The van der Waals surface area contributed by atoms with Crippen molar-refractivity contribution in [2.45, 2.75) is 26.2 Å². The molecular formula is C22H23NO3. The van der Waals surface area contributed by atoms with E-state index in [1.165, 1.54) is 0 Å². The normalized spacial score (nSPS) is 11.4. The molecule has 3 rings (SSSR count). The molecule has 0 unspecified atom stereocenters. The molecule has 0 atom stereocenters. The molecule has 0 saturated heterocycles. The van der Waals surface area contributed by atoms with Gasteiger partial charge >= 0.3 is 0 Å². The average molecular weight is 349 g/mol. The number of anilines is 1. The highest BCUT2D eigenvalue weighted by Gasteiger charge is 2.19. The fraction of sp³-hybridized carbons (Fsp3) is 0.227. The van der Waals surface area contributed by atoms with Crippen molar-refractivity contribution in [3.05, 3.63) is 65.7 Å². The van der Waals surface area contributed by atoms with Gasteiger partial charge in [-0.25, -0.2) is 0 Å². The van der Waals surface area contributed by atoms with Crippen molar-refractivity contribution in [1.82, 2.24) is 0 Å². The van der Waals surface area contributed by atoms with Crippen LogP contribution >= 0.6 is 0 Å². The number of carbonyl (C=O) groups excluding carboxylic acids is 1. The fourth-order valence-corrected chi connectivity index (χ4v) is 2.87. The van der Waals surface area contributed by atoms with Gasteiger partial charge in [-0.05, 0) is 46.0 Å². The van der Waals surface area contributed by atoms with E-state index in [0.29, 0.717) is 11.4 Å². The molecule has 4 heteroatoms. The summed E-state index contributed by atoms with van der Waals surface area (Å²) < 4.78 is 5.37. The van der Waals surface area contributed by atoms with Gasteiger partial charge in [0, 0.05) is 0 Å². The SMILES string of the molecule is COc1ccc(C(C)(C)C)cc1NC(=O)c1cc2ccccc2cc1O. The van der Waals surface area contributed by atoms with Crippen LogP contribution in [0.15, 0.2) is 54.6 Å². The molecule has 0 aromatic heterocycles. The number of phenols is 1. The van der Waals surface area contributed by atoms with E-state index in [1.807, 2.05) is 42.5 Å². The smallest absolute Gasteiger partial charge is 0.259 e. The summed E-state index contributed by atoms with van der Waals surface area (Å²) >= 11 is 0. The van der Waals surface area contributed by atoms with Crippen molar-refractivity contribution in [1.29, 1.82) is 0 Å². The van der Waals surface area contributed by atoms with Crippen LogP contribution in [0.1, 0.15) is 36.7 Å². The predicted molar refractivity (Wildman–Crippen MR) is 105 cm³/mol. The molecule has 3 aromatic carbocycles. The molecule has 1 amide bonds. The number of hydrogen-bond donors (Lipinski definition) is 2. The van der Waals surface area contributed by atoms with Crippen LogP contribution < -0.4 is 10.1 Å². The molecule has 0 radical (unpaired) electrons. The van der Waals surface area contributed by atoms with Crippen LogP contribution in [-0.2, 0) is 5.41 Å². The van der Waals surface area contributed by atoms with Gasteiger partial charge in [0.05, 0.1) is 18.4 Å². The van der Waals surface area contributed by atoms with Gasteiger partial charge in [0.2, 0.25) is 0 Å². The molecule has 134 valence electrons. The minimum absolute atomic E-state index is 0.0489. The lowest BCUT2D eigenvalue weighted by Gasteiger charge is -2.21. The van der Waals surface area contributed by atoms with Gasteiger partial charge < -0.3 is 15.2 Å². The molecule has 0 aliphatic heterocycles. The Labute approximate surface area is 153 Å². The predicted octanol–water partition coefficient (Wildman–Crippen LogP) is 5.10. The summed E-state index contributed by atoms with van der Waals surface area (Å²) in [6.45, 7) is 6.32. The lowest BCUT2D eigenvalue weighted by atomic mass is 9.87. The zero-order valence-corrected chi connectivity index (χ0v) is 15.5. The first-order valence-corrected chi connectivity index (χ1v) is 8.51. The molecule has 4 nitrogen and oxygen atoms in total. The summed E-state index contributed by atoms with van der Waals surface area (Å²) in [5.41, 5.74) is 1.83. The lowest BCUT2D eigenvalue weighted by molar-refractivity contribution is 0.102. The van der Waals surface area contributed by atoms with Crippen molar-refractivity contribution in [2.24, 2.45) is 0 Å². The highest BCUT2D eigenvalue weighted by Crippen LogP contribution is 2.32. The van der Waals surface area contributed by atoms with Crippen molar-refractivity contribution >= 4 is 22.4 Å². The van der Waals surface area contributed by atoms with Crippen molar-refractivity contribution in [2.75, 3.05) is 12.4 Å². The van der Waals surface area contributed by atoms with Gasteiger partial charge in [0.25, 0.3) is 5.91 Å². The average Bonchev–Trinajstić information content (AvgIpc) is 2.60. The van der Waals surface area contributed by atoms with E-state index >= 15 is 0 Å².